The minimum Gasteiger partial charge on any atom is -0.330 e. The maximum Gasteiger partial charge on any atom is 0.0205 e. The van der Waals surface area contributed by atoms with Gasteiger partial charge in [-0.2, -0.15) is 0 Å². The zero-order chi connectivity index (χ0) is 14.0. The van der Waals surface area contributed by atoms with Gasteiger partial charge in [0.25, 0.3) is 0 Å². The van der Waals surface area contributed by atoms with Crippen molar-refractivity contribution >= 4 is 0 Å². The Balaban J connectivity index is 4.10. The first-order valence-corrected chi connectivity index (χ1v) is 8.01. The van der Waals surface area contributed by atoms with E-state index in [1.54, 1.807) is 0 Å². The lowest BCUT2D eigenvalue weighted by Gasteiger charge is -2.40. The number of hydrogen-bond acceptors (Lipinski definition) is 2. The number of hydrogen-bond donors (Lipinski definition) is 2. The molecule has 4 N–H and O–H groups in total. The van der Waals surface area contributed by atoms with E-state index in [0.29, 0.717) is 11.8 Å². The van der Waals surface area contributed by atoms with E-state index in [1.807, 2.05) is 0 Å². The summed E-state index contributed by atoms with van der Waals surface area (Å²) in [4.78, 5) is 0. The van der Waals surface area contributed by atoms with Crippen LogP contribution in [0.1, 0.15) is 79.1 Å². The van der Waals surface area contributed by atoms with Gasteiger partial charge in [-0.1, -0.05) is 66.2 Å². The van der Waals surface area contributed by atoms with Gasteiger partial charge in [0.1, 0.15) is 0 Å². The van der Waals surface area contributed by atoms with Gasteiger partial charge in [0.05, 0.1) is 0 Å². The van der Waals surface area contributed by atoms with Crippen LogP contribution in [0.3, 0.4) is 0 Å². The topological polar surface area (TPSA) is 52.0 Å². The van der Waals surface area contributed by atoms with E-state index in [0.717, 1.165) is 6.54 Å². The highest BCUT2D eigenvalue weighted by atomic mass is 14.8. The predicted octanol–water partition coefficient (Wildman–Crippen LogP) is 4.08. The molecule has 0 aromatic carbocycles. The lowest BCUT2D eigenvalue weighted by atomic mass is 9.71. The average Bonchev–Trinajstić information content (AvgIpc) is 2.40. The molecule has 0 rings (SSSR count). The molecule has 0 heterocycles. The molecule has 2 heteroatoms. The van der Waals surface area contributed by atoms with Gasteiger partial charge in [-0.3, -0.25) is 0 Å². The fraction of sp³-hybridized carbons (Fsp3) is 1.00. The van der Waals surface area contributed by atoms with Gasteiger partial charge in [0.2, 0.25) is 0 Å². The van der Waals surface area contributed by atoms with Crippen LogP contribution in [-0.2, 0) is 0 Å². The first-order chi connectivity index (χ1) is 8.52. The SMILES string of the molecule is CCC(C)C(N)(CCCCCCCN)C(C)CC. The third-order valence-corrected chi connectivity index (χ3v) is 4.87. The van der Waals surface area contributed by atoms with Crippen LogP contribution >= 0.6 is 0 Å². The zero-order valence-electron chi connectivity index (χ0n) is 13.2. The Morgan fingerprint density at radius 2 is 1.28 bits per heavy atom. The summed E-state index contributed by atoms with van der Waals surface area (Å²) in [6.07, 6.45) is 9.91. The highest BCUT2D eigenvalue weighted by molar-refractivity contribution is 4.92. The minimum absolute atomic E-state index is 0.0391. The molecule has 0 saturated carbocycles. The summed E-state index contributed by atoms with van der Waals surface area (Å²) in [5, 5.41) is 0. The molecule has 0 fully saturated rings. The Morgan fingerprint density at radius 3 is 1.72 bits per heavy atom. The molecule has 2 atom stereocenters. The van der Waals surface area contributed by atoms with Crippen LogP contribution in [0, 0.1) is 11.8 Å². The van der Waals surface area contributed by atoms with Gasteiger partial charge in [0, 0.05) is 5.54 Å². The second kappa shape index (κ2) is 9.80. The van der Waals surface area contributed by atoms with Crippen LogP contribution in [0.2, 0.25) is 0 Å². The monoisotopic (exact) mass is 256 g/mol. The Morgan fingerprint density at radius 1 is 0.833 bits per heavy atom. The molecule has 0 aliphatic heterocycles. The molecule has 0 radical (unpaired) electrons. The van der Waals surface area contributed by atoms with Crippen LogP contribution in [0.25, 0.3) is 0 Å². The van der Waals surface area contributed by atoms with E-state index < -0.39 is 0 Å². The molecule has 0 aromatic rings. The Labute approximate surface area is 115 Å². The summed E-state index contributed by atoms with van der Waals surface area (Å²) in [5.41, 5.74) is 12.3. The van der Waals surface area contributed by atoms with Gasteiger partial charge in [-0.25, -0.2) is 0 Å². The van der Waals surface area contributed by atoms with E-state index in [-0.39, 0.29) is 5.54 Å². The summed E-state index contributed by atoms with van der Waals surface area (Å²) in [5.74, 6) is 1.24. The molecule has 2 nitrogen and oxygen atoms in total. The van der Waals surface area contributed by atoms with Crippen molar-refractivity contribution in [2.45, 2.75) is 84.6 Å². The first-order valence-electron chi connectivity index (χ1n) is 8.01. The highest BCUT2D eigenvalue weighted by Gasteiger charge is 2.34. The maximum absolute atomic E-state index is 6.73. The minimum atomic E-state index is 0.0391. The molecule has 0 amide bonds. The van der Waals surface area contributed by atoms with Gasteiger partial charge < -0.3 is 11.5 Å². The van der Waals surface area contributed by atoms with E-state index in [4.69, 9.17) is 11.5 Å². The number of unbranched alkanes of at least 4 members (excludes halogenated alkanes) is 4. The molecular formula is C16H36N2. The molecule has 2 unspecified atom stereocenters. The van der Waals surface area contributed by atoms with Gasteiger partial charge >= 0.3 is 0 Å². The first kappa shape index (κ1) is 17.9. The van der Waals surface area contributed by atoms with Crippen LogP contribution in [0.5, 0.6) is 0 Å². The van der Waals surface area contributed by atoms with E-state index >= 15 is 0 Å². The van der Waals surface area contributed by atoms with Gasteiger partial charge in [-0.15, -0.1) is 0 Å². The quantitative estimate of drug-likeness (QED) is 0.547. The average molecular weight is 256 g/mol. The summed E-state index contributed by atoms with van der Waals surface area (Å²) in [6.45, 7) is 9.99. The normalized spacial score (nSPS) is 18.3. The van der Waals surface area contributed by atoms with E-state index in [2.05, 4.69) is 27.7 Å². The van der Waals surface area contributed by atoms with Crippen molar-refractivity contribution in [3.8, 4) is 0 Å². The fourth-order valence-electron chi connectivity index (χ4n) is 2.84. The summed E-state index contributed by atoms with van der Waals surface area (Å²) >= 11 is 0. The smallest absolute Gasteiger partial charge is 0.0205 e. The molecule has 110 valence electrons. The van der Waals surface area contributed by atoms with Crippen molar-refractivity contribution in [2.24, 2.45) is 23.3 Å². The summed E-state index contributed by atoms with van der Waals surface area (Å²) in [6, 6.07) is 0. The molecule has 0 saturated heterocycles. The Bertz CT molecular complexity index is 182. The highest BCUT2D eigenvalue weighted by Crippen LogP contribution is 2.33. The predicted molar refractivity (Wildman–Crippen MR) is 82.6 cm³/mol. The van der Waals surface area contributed by atoms with E-state index in [1.165, 1.54) is 51.4 Å². The lowest BCUT2D eigenvalue weighted by molar-refractivity contribution is 0.168. The third kappa shape index (κ3) is 5.71. The lowest BCUT2D eigenvalue weighted by Crippen LogP contribution is -2.51. The van der Waals surface area contributed by atoms with Gasteiger partial charge in [-0.05, 0) is 31.2 Å². The maximum atomic E-state index is 6.73. The Kier molecular flexibility index (Phi) is 9.76. The zero-order valence-corrected chi connectivity index (χ0v) is 13.2. The fourth-order valence-corrected chi connectivity index (χ4v) is 2.84. The second-order valence-corrected chi connectivity index (χ2v) is 6.04. The number of rotatable bonds is 11. The molecule has 0 aromatic heterocycles. The van der Waals surface area contributed by atoms with Crippen molar-refractivity contribution in [1.82, 2.24) is 0 Å². The third-order valence-electron chi connectivity index (χ3n) is 4.87. The molecule has 0 aliphatic carbocycles. The van der Waals surface area contributed by atoms with Crippen LogP contribution in [0.4, 0.5) is 0 Å². The van der Waals surface area contributed by atoms with Crippen LogP contribution < -0.4 is 11.5 Å². The standard InChI is InChI=1S/C16H36N2/c1-5-14(3)16(18,15(4)6-2)12-10-8-7-9-11-13-17/h14-15H,5-13,17-18H2,1-4H3. The molecule has 18 heavy (non-hydrogen) atoms. The Hall–Kier alpha value is -0.0800. The van der Waals surface area contributed by atoms with E-state index in [9.17, 15) is 0 Å². The van der Waals surface area contributed by atoms with Crippen LogP contribution in [-0.4, -0.2) is 12.1 Å². The molecule has 0 spiro atoms. The number of nitrogens with two attached hydrogens (primary N) is 2. The van der Waals surface area contributed by atoms with Crippen molar-refractivity contribution in [3.05, 3.63) is 0 Å². The summed E-state index contributed by atoms with van der Waals surface area (Å²) < 4.78 is 0. The van der Waals surface area contributed by atoms with Gasteiger partial charge in [0.15, 0.2) is 0 Å². The van der Waals surface area contributed by atoms with Crippen molar-refractivity contribution < 1.29 is 0 Å². The summed E-state index contributed by atoms with van der Waals surface area (Å²) in [7, 11) is 0. The molecular weight excluding hydrogens is 220 g/mol. The second-order valence-electron chi connectivity index (χ2n) is 6.04. The molecule has 0 aliphatic rings. The van der Waals surface area contributed by atoms with Crippen LogP contribution in [0.15, 0.2) is 0 Å². The van der Waals surface area contributed by atoms with Crippen molar-refractivity contribution in [3.63, 3.8) is 0 Å². The molecule has 0 bridgehead atoms. The van der Waals surface area contributed by atoms with Crippen molar-refractivity contribution in [1.29, 1.82) is 0 Å². The largest absolute Gasteiger partial charge is 0.330 e. The van der Waals surface area contributed by atoms with Crippen molar-refractivity contribution in [2.75, 3.05) is 6.54 Å².